The quantitative estimate of drug-likeness (QED) is 0.575. The Morgan fingerprint density at radius 2 is 2.06 bits per heavy atom. The number of piperidine rings is 1. The third kappa shape index (κ3) is 5.49. The van der Waals surface area contributed by atoms with E-state index in [4.69, 9.17) is 0 Å². The zero-order chi connectivity index (χ0) is 21.6. The van der Waals surface area contributed by atoms with Gasteiger partial charge in [-0.25, -0.2) is 9.97 Å². The number of rotatable bonds is 6. The Kier molecular flexibility index (Phi) is 6.61. The van der Waals surface area contributed by atoms with Gasteiger partial charge in [0.1, 0.15) is 12.1 Å². The molecule has 2 aromatic heterocycles. The second kappa shape index (κ2) is 9.74. The molecule has 3 heterocycles. The number of carbonyl (C=O) groups excluding carboxylic acids is 2. The van der Waals surface area contributed by atoms with Crippen molar-refractivity contribution in [2.45, 2.75) is 30.7 Å². The lowest BCUT2D eigenvalue weighted by Gasteiger charge is -2.32. The van der Waals surface area contributed by atoms with Crippen molar-refractivity contribution >= 4 is 29.4 Å². The molecule has 0 aliphatic carbocycles. The summed E-state index contributed by atoms with van der Waals surface area (Å²) in [6.07, 6.45) is 3.05. The Bertz CT molecular complexity index is 1040. The summed E-state index contributed by atoms with van der Waals surface area (Å²) in [6.45, 7) is 2.96. The second-order valence-electron chi connectivity index (χ2n) is 7.52. The van der Waals surface area contributed by atoms with E-state index in [1.54, 1.807) is 22.7 Å². The number of hydrogen-bond donors (Lipinski definition) is 2. The highest BCUT2D eigenvalue weighted by molar-refractivity contribution is 7.98. The number of nitrogens with one attached hydrogen (secondary N) is 2. The lowest BCUT2D eigenvalue weighted by molar-refractivity contribution is -0.121. The topological polar surface area (TPSA) is 104 Å². The minimum atomic E-state index is -0.238. The molecule has 0 spiro atoms. The summed E-state index contributed by atoms with van der Waals surface area (Å²) in [6, 6.07) is 13.1. The summed E-state index contributed by atoms with van der Waals surface area (Å²) in [5.74, 6) is 0.920. The number of benzene rings is 1. The number of pyridine rings is 1. The third-order valence-electron chi connectivity index (χ3n) is 5.19. The highest BCUT2D eigenvalue weighted by atomic mass is 32.2. The van der Waals surface area contributed by atoms with Gasteiger partial charge in [-0.1, -0.05) is 30.0 Å². The van der Waals surface area contributed by atoms with Gasteiger partial charge in [-0.15, -0.1) is 0 Å². The number of aromatic nitrogens is 4. The van der Waals surface area contributed by atoms with Gasteiger partial charge in [0.15, 0.2) is 5.16 Å². The Morgan fingerprint density at radius 3 is 2.81 bits per heavy atom. The van der Waals surface area contributed by atoms with Crippen molar-refractivity contribution in [3.8, 4) is 0 Å². The number of thioether (sulfide) groups is 1. The summed E-state index contributed by atoms with van der Waals surface area (Å²) in [5.41, 5.74) is 2.58. The van der Waals surface area contributed by atoms with E-state index in [1.165, 1.54) is 6.33 Å². The van der Waals surface area contributed by atoms with Gasteiger partial charge in [0.2, 0.25) is 5.91 Å². The molecule has 1 fully saturated rings. The van der Waals surface area contributed by atoms with Crippen LogP contribution in [0.4, 0.5) is 5.82 Å². The number of aryl methyl sites for hydroxylation is 1. The van der Waals surface area contributed by atoms with Crippen LogP contribution in [0.15, 0.2) is 53.9 Å². The van der Waals surface area contributed by atoms with Crippen LogP contribution in [0.25, 0.3) is 0 Å². The van der Waals surface area contributed by atoms with Crippen molar-refractivity contribution in [1.82, 2.24) is 25.1 Å². The first-order chi connectivity index (χ1) is 15.1. The predicted octanol–water partition coefficient (Wildman–Crippen LogP) is 3.29. The van der Waals surface area contributed by atoms with Crippen molar-refractivity contribution in [2.24, 2.45) is 5.92 Å². The average molecular weight is 437 g/mol. The lowest BCUT2D eigenvalue weighted by Crippen LogP contribution is -2.43. The van der Waals surface area contributed by atoms with Gasteiger partial charge in [-0.3, -0.25) is 14.7 Å². The number of likely N-dealkylation sites (tertiary alicyclic amines) is 1. The Balaban J connectivity index is 1.34. The van der Waals surface area contributed by atoms with Gasteiger partial charge in [-0.2, -0.15) is 5.10 Å². The molecule has 2 amide bonds. The fraction of sp³-hybridized carbons (Fsp3) is 0.318. The van der Waals surface area contributed by atoms with E-state index in [0.29, 0.717) is 24.5 Å². The summed E-state index contributed by atoms with van der Waals surface area (Å²) >= 11 is 1.55. The molecule has 31 heavy (non-hydrogen) atoms. The summed E-state index contributed by atoms with van der Waals surface area (Å²) in [5, 5.41) is 10.3. The number of hydrogen-bond acceptors (Lipinski definition) is 6. The maximum atomic E-state index is 13.0. The monoisotopic (exact) mass is 436 g/mol. The van der Waals surface area contributed by atoms with Crippen molar-refractivity contribution in [2.75, 3.05) is 18.4 Å². The summed E-state index contributed by atoms with van der Waals surface area (Å²) in [7, 11) is 0. The molecule has 1 saturated heterocycles. The maximum absolute atomic E-state index is 13.0. The average Bonchev–Trinajstić information content (AvgIpc) is 3.31. The number of nitrogens with zero attached hydrogens (tertiary/aromatic N) is 4. The molecule has 1 aliphatic rings. The molecule has 8 nitrogen and oxygen atoms in total. The highest BCUT2D eigenvalue weighted by Crippen LogP contribution is 2.22. The molecule has 9 heteroatoms. The first-order valence-corrected chi connectivity index (χ1v) is 11.2. The molecule has 160 valence electrons. The second-order valence-corrected chi connectivity index (χ2v) is 8.48. The SMILES string of the molecule is Cc1cccc(NC(=O)C2CCCN(C(=O)c3ccc(CSc4ncn[nH]4)cc3)C2)n1. The van der Waals surface area contributed by atoms with Crippen molar-refractivity contribution < 1.29 is 9.59 Å². The Morgan fingerprint density at radius 1 is 1.23 bits per heavy atom. The van der Waals surface area contributed by atoms with Gasteiger partial charge in [0.05, 0.1) is 5.92 Å². The van der Waals surface area contributed by atoms with E-state index in [1.807, 2.05) is 43.3 Å². The van der Waals surface area contributed by atoms with Crippen LogP contribution >= 0.6 is 11.8 Å². The molecule has 1 aromatic carbocycles. The lowest BCUT2D eigenvalue weighted by atomic mass is 9.96. The third-order valence-corrected chi connectivity index (χ3v) is 6.14. The van der Waals surface area contributed by atoms with Crippen LogP contribution in [0.3, 0.4) is 0 Å². The van der Waals surface area contributed by atoms with Gasteiger partial charge in [0, 0.05) is 30.1 Å². The van der Waals surface area contributed by atoms with E-state index in [-0.39, 0.29) is 17.7 Å². The van der Waals surface area contributed by atoms with Crippen LogP contribution in [-0.2, 0) is 10.5 Å². The van der Waals surface area contributed by atoms with E-state index in [0.717, 1.165) is 35.0 Å². The highest BCUT2D eigenvalue weighted by Gasteiger charge is 2.29. The first kappa shape index (κ1) is 21.0. The van der Waals surface area contributed by atoms with Crippen molar-refractivity contribution in [1.29, 1.82) is 0 Å². The van der Waals surface area contributed by atoms with Gasteiger partial charge >= 0.3 is 0 Å². The first-order valence-electron chi connectivity index (χ1n) is 10.2. The molecular weight excluding hydrogens is 412 g/mol. The zero-order valence-corrected chi connectivity index (χ0v) is 18.1. The molecule has 4 rings (SSSR count). The molecule has 2 N–H and O–H groups in total. The van der Waals surface area contributed by atoms with Crippen LogP contribution in [0.2, 0.25) is 0 Å². The number of carbonyl (C=O) groups is 2. The summed E-state index contributed by atoms with van der Waals surface area (Å²) in [4.78, 5) is 35.9. The van der Waals surface area contributed by atoms with Crippen LogP contribution in [0.1, 0.15) is 34.5 Å². The normalized spacial score (nSPS) is 16.2. The smallest absolute Gasteiger partial charge is 0.253 e. The molecule has 0 bridgehead atoms. The number of H-pyrrole nitrogens is 1. The van der Waals surface area contributed by atoms with Crippen LogP contribution in [-0.4, -0.2) is 50.0 Å². The molecule has 1 atom stereocenters. The van der Waals surface area contributed by atoms with Crippen LogP contribution in [0.5, 0.6) is 0 Å². The predicted molar refractivity (Wildman–Crippen MR) is 119 cm³/mol. The van der Waals surface area contributed by atoms with E-state index in [9.17, 15) is 9.59 Å². The van der Waals surface area contributed by atoms with E-state index in [2.05, 4.69) is 25.5 Å². The fourth-order valence-corrected chi connectivity index (χ4v) is 4.29. The minimum absolute atomic E-state index is 0.0411. The number of aromatic amines is 1. The van der Waals surface area contributed by atoms with E-state index < -0.39 is 0 Å². The number of amides is 2. The van der Waals surface area contributed by atoms with E-state index >= 15 is 0 Å². The Hall–Kier alpha value is -3.20. The molecule has 0 radical (unpaired) electrons. The van der Waals surface area contributed by atoms with Gasteiger partial charge < -0.3 is 10.2 Å². The molecule has 3 aromatic rings. The van der Waals surface area contributed by atoms with Crippen molar-refractivity contribution in [3.63, 3.8) is 0 Å². The number of anilines is 1. The maximum Gasteiger partial charge on any atom is 0.253 e. The zero-order valence-electron chi connectivity index (χ0n) is 17.2. The molecule has 1 unspecified atom stereocenters. The summed E-state index contributed by atoms with van der Waals surface area (Å²) < 4.78 is 0. The molecular formula is C22H24N6O2S. The molecule has 1 aliphatic heterocycles. The van der Waals surface area contributed by atoms with Crippen molar-refractivity contribution in [3.05, 3.63) is 65.6 Å². The van der Waals surface area contributed by atoms with Crippen LogP contribution in [0, 0.1) is 12.8 Å². The van der Waals surface area contributed by atoms with Gasteiger partial charge in [-0.05, 0) is 49.6 Å². The molecule has 0 saturated carbocycles. The Labute approximate surface area is 184 Å². The minimum Gasteiger partial charge on any atom is -0.338 e. The standard InChI is InChI=1S/C22H24N6O2S/c1-15-4-2-6-19(25-15)26-20(29)18-5-3-11-28(12-18)21(30)17-9-7-16(8-10-17)13-31-22-23-14-24-27-22/h2,4,6-10,14,18H,3,5,11-13H2,1H3,(H,23,24,27)(H,25,26,29). The largest absolute Gasteiger partial charge is 0.338 e. The van der Waals surface area contributed by atoms with Gasteiger partial charge in [0.25, 0.3) is 5.91 Å². The fourth-order valence-electron chi connectivity index (χ4n) is 3.56. The van der Waals surface area contributed by atoms with Crippen LogP contribution < -0.4 is 5.32 Å².